The normalized spacial score (nSPS) is 20.1. The summed E-state index contributed by atoms with van der Waals surface area (Å²) >= 11 is 0. The van der Waals surface area contributed by atoms with E-state index in [0.717, 1.165) is 34.2 Å². The molecule has 0 bridgehead atoms. The topological polar surface area (TPSA) is 121 Å². The second-order valence-electron chi connectivity index (χ2n) is 11.0. The van der Waals surface area contributed by atoms with Crippen molar-refractivity contribution in [3.05, 3.63) is 82.4 Å². The van der Waals surface area contributed by atoms with Crippen LogP contribution in [0.5, 0.6) is 23.0 Å². The quantitative estimate of drug-likeness (QED) is 0.288. The van der Waals surface area contributed by atoms with E-state index in [-0.39, 0.29) is 13.3 Å². The van der Waals surface area contributed by atoms with Gasteiger partial charge in [-0.25, -0.2) is 0 Å². The van der Waals surface area contributed by atoms with Gasteiger partial charge in [0.1, 0.15) is 11.8 Å². The largest absolute Gasteiger partial charge is 0.494 e. The Bertz CT molecular complexity index is 1450. The van der Waals surface area contributed by atoms with Gasteiger partial charge in [-0.15, -0.1) is 0 Å². The molecule has 2 heterocycles. The maximum Gasteiger partial charge on any atom is 0.309 e. The molecule has 2 aliphatic rings. The van der Waals surface area contributed by atoms with Crippen LogP contribution in [0.1, 0.15) is 73.0 Å². The molecule has 0 spiro atoms. The van der Waals surface area contributed by atoms with Gasteiger partial charge in [0.25, 0.3) is 0 Å². The molecule has 228 valence electrons. The van der Waals surface area contributed by atoms with E-state index in [1.807, 2.05) is 66.4 Å². The number of hydrogen-bond donors (Lipinski definition) is 2. The maximum atomic E-state index is 13.5. The van der Waals surface area contributed by atoms with Crippen molar-refractivity contribution in [3.63, 3.8) is 0 Å². The average molecular weight is 589 g/mol. The molecule has 1 saturated heterocycles. The summed E-state index contributed by atoms with van der Waals surface area (Å²) in [5.74, 6) is -0.739. The number of methoxy groups -OCH3 is 1. The monoisotopic (exact) mass is 588 g/mol. The number of carboxylic acids is 1. The number of nitrogens with zero attached hydrogens (tertiary/aromatic N) is 1. The lowest BCUT2D eigenvalue weighted by molar-refractivity contribution is -0.143. The molecule has 43 heavy (non-hydrogen) atoms. The highest BCUT2D eigenvalue weighted by Gasteiger charge is 2.51. The molecule has 2 aliphatic heterocycles. The number of benzene rings is 3. The molecule has 4 unspecified atom stereocenters. The van der Waals surface area contributed by atoms with Crippen LogP contribution in [0.15, 0.2) is 54.6 Å². The van der Waals surface area contributed by atoms with E-state index in [4.69, 9.17) is 24.7 Å². The third-order valence-corrected chi connectivity index (χ3v) is 8.55. The van der Waals surface area contributed by atoms with Crippen LogP contribution in [0, 0.1) is 5.92 Å². The van der Waals surface area contributed by atoms with Crippen LogP contribution in [0.25, 0.3) is 0 Å². The number of carboxylic acid groups (broad SMARTS) is 1. The van der Waals surface area contributed by atoms with Crippen molar-refractivity contribution in [2.75, 3.05) is 27.1 Å². The van der Waals surface area contributed by atoms with Crippen molar-refractivity contribution < 1.29 is 33.6 Å². The lowest BCUT2D eigenvalue weighted by atomic mass is 9.82. The van der Waals surface area contributed by atoms with Gasteiger partial charge in [0.05, 0.1) is 19.6 Å². The molecular formula is C34H40N2O7. The van der Waals surface area contributed by atoms with Gasteiger partial charge < -0.3 is 29.8 Å². The van der Waals surface area contributed by atoms with E-state index in [9.17, 15) is 14.7 Å². The average Bonchev–Trinajstić information content (AvgIpc) is 3.65. The van der Waals surface area contributed by atoms with Crippen LogP contribution in [-0.2, 0) is 22.4 Å². The molecule has 3 aromatic rings. The van der Waals surface area contributed by atoms with E-state index in [0.29, 0.717) is 42.4 Å². The summed E-state index contributed by atoms with van der Waals surface area (Å²) < 4.78 is 22.7. The Kier molecular flexibility index (Phi) is 9.11. The van der Waals surface area contributed by atoms with E-state index in [1.165, 1.54) is 0 Å². The summed E-state index contributed by atoms with van der Waals surface area (Å²) in [6.45, 7) is 7.05. The number of aryl methyl sites for hydroxylation is 2. The molecule has 9 nitrogen and oxygen atoms in total. The minimum atomic E-state index is -0.969. The first-order chi connectivity index (χ1) is 20.8. The molecule has 0 aliphatic carbocycles. The fourth-order valence-corrected chi connectivity index (χ4v) is 6.62. The molecule has 0 aromatic heterocycles. The Morgan fingerprint density at radius 2 is 1.72 bits per heavy atom. The van der Waals surface area contributed by atoms with Gasteiger partial charge in [-0.1, -0.05) is 51.1 Å². The number of hydrogen-bond acceptors (Lipinski definition) is 7. The molecule has 3 N–H and O–H groups in total. The number of likely N-dealkylation sites (tertiary alicyclic amines) is 1. The van der Waals surface area contributed by atoms with E-state index in [2.05, 4.69) is 13.8 Å². The first-order valence-corrected chi connectivity index (χ1v) is 14.9. The number of fused-ring (bicyclic) bond motifs is 1. The Hall–Kier alpha value is -4.24. The smallest absolute Gasteiger partial charge is 0.309 e. The van der Waals surface area contributed by atoms with Gasteiger partial charge in [-0.05, 0) is 71.3 Å². The molecule has 1 amide bonds. The number of amides is 1. The molecule has 5 rings (SSSR count). The van der Waals surface area contributed by atoms with Crippen LogP contribution in [-0.4, -0.2) is 48.9 Å². The van der Waals surface area contributed by atoms with Gasteiger partial charge >= 0.3 is 5.97 Å². The second-order valence-corrected chi connectivity index (χ2v) is 11.0. The maximum absolute atomic E-state index is 13.5. The Labute approximate surface area is 252 Å². The zero-order valence-electron chi connectivity index (χ0n) is 25.2. The van der Waals surface area contributed by atoms with Crippen LogP contribution < -0.4 is 24.7 Å². The Balaban J connectivity index is 1.69. The molecule has 0 saturated carbocycles. The first kappa shape index (κ1) is 30.2. The molecule has 1 fully saturated rings. The highest BCUT2D eigenvalue weighted by Crippen LogP contribution is 2.53. The predicted octanol–water partition coefficient (Wildman–Crippen LogP) is 5.41. The fraction of sp³-hybridized carbons (Fsp3) is 0.412. The van der Waals surface area contributed by atoms with Crippen LogP contribution in [0.4, 0.5) is 0 Å². The molecule has 0 radical (unpaired) electrons. The highest BCUT2D eigenvalue weighted by molar-refractivity contribution is 5.83. The number of ether oxygens (including phenoxy) is 4. The predicted molar refractivity (Wildman–Crippen MR) is 162 cm³/mol. The molecule has 3 aromatic carbocycles. The van der Waals surface area contributed by atoms with Crippen LogP contribution in [0.3, 0.4) is 0 Å². The Morgan fingerprint density at radius 3 is 2.30 bits per heavy atom. The van der Waals surface area contributed by atoms with Gasteiger partial charge in [0, 0.05) is 18.5 Å². The SMILES string of the molecule is CCCOc1ccc(C2C(C(=O)O)C(c3cc(OC)c4c(c3)OCO4)CN2C(C(N)=O)c2c(CC)cccc2CC)cc1. The number of rotatable bonds is 12. The van der Waals surface area contributed by atoms with Crippen molar-refractivity contribution in [2.45, 2.75) is 58.0 Å². The van der Waals surface area contributed by atoms with E-state index < -0.39 is 35.8 Å². The summed E-state index contributed by atoms with van der Waals surface area (Å²) in [6.07, 6.45) is 2.29. The zero-order valence-corrected chi connectivity index (χ0v) is 25.2. The van der Waals surface area contributed by atoms with Crippen LogP contribution in [0.2, 0.25) is 0 Å². The van der Waals surface area contributed by atoms with Gasteiger partial charge in [0.2, 0.25) is 18.4 Å². The van der Waals surface area contributed by atoms with Crippen molar-refractivity contribution >= 4 is 11.9 Å². The zero-order chi connectivity index (χ0) is 30.7. The lowest BCUT2D eigenvalue weighted by Crippen LogP contribution is -2.40. The molecule has 4 atom stereocenters. The third-order valence-electron chi connectivity index (χ3n) is 8.55. The third kappa shape index (κ3) is 5.73. The molecular weight excluding hydrogens is 548 g/mol. The van der Waals surface area contributed by atoms with E-state index in [1.54, 1.807) is 7.11 Å². The minimum Gasteiger partial charge on any atom is -0.494 e. The summed E-state index contributed by atoms with van der Waals surface area (Å²) in [7, 11) is 1.54. The van der Waals surface area contributed by atoms with Gasteiger partial charge in [-0.2, -0.15) is 0 Å². The van der Waals surface area contributed by atoms with Crippen molar-refractivity contribution in [2.24, 2.45) is 11.7 Å². The van der Waals surface area contributed by atoms with Gasteiger partial charge in [0.15, 0.2) is 11.5 Å². The number of nitrogens with two attached hydrogens (primary N) is 1. The number of carbonyl (C=O) groups excluding carboxylic acids is 1. The summed E-state index contributed by atoms with van der Waals surface area (Å²) in [4.78, 5) is 28.7. The van der Waals surface area contributed by atoms with Crippen molar-refractivity contribution in [3.8, 4) is 23.0 Å². The van der Waals surface area contributed by atoms with Crippen molar-refractivity contribution in [1.29, 1.82) is 0 Å². The lowest BCUT2D eigenvalue weighted by Gasteiger charge is -2.35. The minimum absolute atomic E-state index is 0.0563. The first-order valence-electron chi connectivity index (χ1n) is 14.9. The number of aliphatic carboxylic acids is 1. The number of carbonyl (C=O) groups is 2. The summed E-state index contributed by atoms with van der Waals surface area (Å²) in [5, 5.41) is 10.8. The van der Waals surface area contributed by atoms with E-state index >= 15 is 0 Å². The second kappa shape index (κ2) is 13.0. The fourth-order valence-electron chi connectivity index (χ4n) is 6.62. The summed E-state index contributed by atoms with van der Waals surface area (Å²) in [6, 6.07) is 15.7. The van der Waals surface area contributed by atoms with Crippen LogP contribution >= 0.6 is 0 Å². The Morgan fingerprint density at radius 1 is 1.02 bits per heavy atom. The standard InChI is InChI=1S/C34H40N2O7/c1-5-15-41-24-13-11-22(12-14-24)30-29(34(38)39)25(23-16-26(40-4)32-27(17-23)42-19-43-32)18-36(30)31(33(35)37)28-20(6-2)9-8-10-21(28)7-3/h8-14,16-17,25,29-31H,5-7,15,18-19H2,1-4H3,(H2,35,37)(H,38,39). The highest BCUT2D eigenvalue weighted by atomic mass is 16.7. The van der Waals surface area contributed by atoms with Crippen molar-refractivity contribution in [1.82, 2.24) is 4.90 Å². The summed E-state index contributed by atoms with van der Waals surface area (Å²) in [5.41, 5.74) is 10.6. The van der Waals surface area contributed by atoms with Gasteiger partial charge in [-0.3, -0.25) is 14.5 Å². The number of primary amides is 1. The molecule has 9 heteroatoms.